The van der Waals surface area contributed by atoms with Crippen molar-refractivity contribution in [3.05, 3.63) is 30.6 Å². The standard InChI is InChI=1S/C21H37N/c1-2-3-4-5-6-7-8-9-10-11-12-13-14-15-16-19-22-20-17-18-21-22/h16-21H,2-15H2,1H3. The maximum Gasteiger partial charge on any atom is 0.00823 e. The van der Waals surface area contributed by atoms with E-state index < -0.39 is 0 Å². The molecule has 0 radical (unpaired) electrons. The maximum absolute atomic E-state index is 2.29. The van der Waals surface area contributed by atoms with Crippen molar-refractivity contribution in [2.45, 2.75) is 96.8 Å². The van der Waals surface area contributed by atoms with Crippen LogP contribution < -0.4 is 0 Å². The molecule has 0 bridgehead atoms. The van der Waals surface area contributed by atoms with E-state index in [1.165, 1.54) is 89.9 Å². The van der Waals surface area contributed by atoms with Crippen LogP contribution in [-0.2, 0) is 0 Å². The van der Waals surface area contributed by atoms with Crippen LogP contribution in [0.3, 0.4) is 0 Å². The number of hydrogen-bond donors (Lipinski definition) is 0. The Hall–Kier alpha value is -0.980. The molecule has 0 amide bonds. The first-order valence-corrected chi connectivity index (χ1v) is 9.72. The first-order valence-electron chi connectivity index (χ1n) is 9.72. The summed E-state index contributed by atoms with van der Waals surface area (Å²) in [6.07, 6.45) is 28.5. The van der Waals surface area contributed by atoms with Crippen LogP contribution in [0, 0.1) is 0 Å². The predicted molar refractivity (Wildman–Crippen MR) is 100 cm³/mol. The molecule has 0 saturated heterocycles. The molecule has 0 N–H and O–H groups in total. The minimum atomic E-state index is 1.22. The van der Waals surface area contributed by atoms with Crippen molar-refractivity contribution in [3.8, 4) is 0 Å². The van der Waals surface area contributed by atoms with Gasteiger partial charge in [-0.1, -0.05) is 90.0 Å². The molecule has 0 aliphatic carbocycles. The molecular formula is C21H37N. The normalized spacial score (nSPS) is 11.5. The molecule has 1 rings (SSSR count). The first kappa shape index (κ1) is 19.1. The highest BCUT2D eigenvalue weighted by molar-refractivity contribution is 5.22. The molecule has 22 heavy (non-hydrogen) atoms. The SMILES string of the molecule is CCCCCCCCCCCCCCCC=Cn1cccc1. The third-order valence-electron chi connectivity index (χ3n) is 4.38. The largest absolute Gasteiger partial charge is 0.331 e. The van der Waals surface area contributed by atoms with Crippen LogP contribution in [-0.4, -0.2) is 4.57 Å². The average Bonchev–Trinajstić information content (AvgIpc) is 3.04. The topological polar surface area (TPSA) is 4.93 Å². The molecule has 0 atom stereocenters. The lowest BCUT2D eigenvalue weighted by Crippen LogP contribution is -1.83. The molecule has 0 spiro atoms. The van der Waals surface area contributed by atoms with Gasteiger partial charge in [0.05, 0.1) is 0 Å². The van der Waals surface area contributed by atoms with Crippen LogP contribution in [0.4, 0.5) is 0 Å². The van der Waals surface area contributed by atoms with Gasteiger partial charge in [-0.3, -0.25) is 0 Å². The van der Waals surface area contributed by atoms with Gasteiger partial charge < -0.3 is 4.57 Å². The van der Waals surface area contributed by atoms with Crippen LogP contribution in [0.2, 0.25) is 0 Å². The first-order chi connectivity index (χ1) is 10.9. The number of nitrogens with zero attached hydrogens (tertiary/aromatic N) is 1. The molecule has 1 heteroatoms. The molecule has 0 aliphatic rings. The van der Waals surface area contributed by atoms with E-state index in [-0.39, 0.29) is 0 Å². The van der Waals surface area contributed by atoms with Gasteiger partial charge in [0.15, 0.2) is 0 Å². The van der Waals surface area contributed by atoms with Crippen molar-refractivity contribution in [3.63, 3.8) is 0 Å². The number of hydrogen-bond acceptors (Lipinski definition) is 0. The Bertz CT molecular complexity index is 337. The number of allylic oxidation sites excluding steroid dienone is 1. The van der Waals surface area contributed by atoms with Crippen molar-refractivity contribution < 1.29 is 0 Å². The molecule has 1 nitrogen and oxygen atoms in total. The second-order valence-electron chi connectivity index (χ2n) is 6.55. The Morgan fingerprint density at radius 3 is 1.59 bits per heavy atom. The van der Waals surface area contributed by atoms with Crippen LogP contribution in [0.1, 0.15) is 96.8 Å². The average molecular weight is 304 g/mol. The maximum atomic E-state index is 2.29. The minimum absolute atomic E-state index is 1.22. The summed E-state index contributed by atoms with van der Waals surface area (Å²) < 4.78 is 2.11. The summed E-state index contributed by atoms with van der Waals surface area (Å²) in [5.41, 5.74) is 0. The molecule has 0 aromatic carbocycles. The van der Waals surface area contributed by atoms with E-state index in [4.69, 9.17) is 0 Å². The third kappa shape index (κ3) is 11.7. The zero-order chi connectivity index (χ0) is 15.7. The highest BCUT2D eigenvalue weighted by atomic mass is 14.9. The lowest BCUT2D eigenvalue weighted by Gasteiger charge is -2.02. The zero-order valence-electron chi connectivity index (χ0n) is 14.8. The van der Waals surface area contributed by atoms with Gasteiger partial charge in [-0.15, -0.1) is 0 Å². The monoisotopic (exact) mass is 303 g/mol. The molecule has 1 heterocycles. The highest BCUT2D eigenvalue weighted by Gasteiger charge is 1.93. The summed E-state index contributed by atoms with van der Waals surface area (Å²) in [6, 6.07) is 4.13. The molecule has 1 aromatic heterocycles. The Kier molecular flexibility index (Phi) is 12.9. The Morgan fingerprint density at radius 1 is 0.636 bits per heavy atom. The summed E-state index contributed by atoms with van der Waals surface area (Å²) in [4.78, 5) is 0. The van der Waals surface area contributed by atoms with Gasteiger partial charge in [0, 0.05) is 18.6 Å². The number of aromatic nitrogens is 1. The van der Waals surface area contributed by atoms with Gasteiger partial charge >= 0.3 is 0 Å². The van der Waals surface area contributed by atoms with Gasteiger partial charge in [0.25, 0.3) is 0 Å². The molecule has 0 saturated carbocycles. The third-order valence-corrected chi connectivity index (χ3v) is 4.38. The van der Waals surface area contributed by atoms with E-state index in [1.54, 1.807) is 0 Å². The van der Waals surface area contributed by atoms with Crippen LogP contribution in [0.15, 0.2) is 30.6 Å². The molecule has 0 fully saturated rings. The van der Waals surface area contributed by atoms with Gasteiger partial charge in [-0.25, -0.2) is 0 Å². The minimum Gasteiger partial charge on any atom is -0.331 e. The fourth-order valence-electron chi connectivity index (χ4n) is 2.92. The van der Waals surface area contributed by atoms with Crippen molar-refractivity contribution >= 4 is 6.20 Å². The van der Waals surface area contributed by atoms with E-state index in [1.807, 2.05) is 0 Å². The van der Waals surface area contributed by atoms with Crippen LogP contribution in [0.5, 0.6) is 0 Å². The predicted octanol–water partition coefficient (Wildman–Crippen LogP) is 7.44. The van der Waals surface area contributed by atoms with E-state index in [0.717, 1.165) is 0 Å². The summed E-state index contributed by atoms with van der Waals surface area (Å²) >= 11 is 0. The van der Waals surface area contributed by atoms with Gasteiger partial charge in [0.2, 0.25) is 0 Å². The zero-order valence-corrected chi connectivity index (χ0v) is 14.8. The summed E-state index contributed by atoms with van der Waals surface area (Å²) in [7, 11) is 0. The lowest BCUT2D eigenvalue weighted by molar-refractivity contribution is 0.540. The van der Waals surface area contributed by atoms with Gasteiger partial charge in [-0.05, 0) is 25.0 Å². The van der Waals surface area contributed by atoms with Crippen LogP contribution >= 0.6 is 0 Å². The van der Waals surface area contributed by atoms with Crippen molar-refractivity contribution in [2.24, 2.45) is 0 Å². The second kappa shape index (κ2) is 14.9. The summed E-state index contributed by atoms with van der Waals surface area (Å²) in [5.74, 6) is 0. The highest BCUT2D eigenvalue weighted by Crippen LogP contribution is 2.13. The van der Waals surface area contributed by atoms with Gasteiger partial charge in [-0.2, -0.15) is 0 Å². The Balaban J connectivity index is 1.73. The Morgan fingerprint density at radius 2 is 1.09 bits per heavy atom. The smallest absolute Gasteiger partial charge is 0.00823 e. The molecule has 0 unspecified atom stereocenters. The van der Waals surface area contributed by atoms with Crippen molar-refractivity contribution in [1.82, 2.24) is 4.57 Å². The second-order valence-corrected chi connectivity index (χ2v) is 6.55. The van der Waals surface area contributed by atoms with Crippen LogP contribution in [0.25, 0.3) is 6.20 Å². The Labute approximate surface area is 138 Å². The lowest BCUT2D eigenvalue weighted by atomic mass is 10.0. The number of rotatable bonds is 15. The molecular weight excluding hydrogens is 266 g/mol. The summed E-state index contributed by atoms with van der Waals surface area (Å²) in [6.45, 7) is 2.29. The van der Waals surface area contributed by atoms with E-state index in [9.17, 15) is 0 Å². The molecule has 0 aliphatic heterocycles. The van der Waals surface area contributed by atoms with Gasteiger partial charge in [0.1, 0.15) is 0 Å². The quantitative estimate of drug-likeness (QED) is 0.297. The van der Waals surface area contributed by atoms with Crippen molar-refractivity contribution in [2.75, 3.05) is 0 Å². The fraction of sp³-hybridized carbons (Fsp3) is 0.714. The number of unbranched alkanes of at least 4 members (excludes halogenated alkanes) is 13. The van der Waals surface area contributed by atoms with E-state index in [0.29, 0.717) is 0 Å². The summed E-state index contributed by atoms with van der Waals surface area (Å²) in [5, 5.41) is 0. The fourth-order valence-corrected chi connectivity index (χ4v) is 2.92. The van der Waals surface area contributed by atoms with Crippen molar-refractivity contribution in [1.29, 1.82) is 0 Å². The molecule has 126 valence electrons. The van der Waals surface area contributed by atoms with E-state index in [2.05, 4.69) is 48.3 Å². The van der Waals surface area contributed by atoms with E-state index >= 15 is 0 Å². The molecule has 1 aromatic rings.